The third-order valence-electron chi connectivity index (χ3n) is 3.07. The zero-order valence-corrected chi connectivity index (χ0v) is 10.0. The summed E-state index contributed by atoms with van der Waals surface area (Å²) >= 11 is 0. The molecule has 2 rings (SSSR count). The molecule has 1 aromatic rings. The van der Waals surface area contributed by atoms with Gasteiger partial charge in [0.1, 0.15) is 5.82 Å². The fraction of sp³-hybridized carbons (Fsp3) is 0.583. The molecule has 0 bridgehead atoms. The molecule has 0 amide bonds. The lowest BCUT2D eigenvalue weighted by atomic mass is 10.1. The third kappa shape index (κ3) is 2.16. The van der Waals surface area contributed by atoms with Gasteiger partial charge in [0.2, 0.25) is 5.95 Å². The lowest BCUT2D eigenvalue weighted by Crippen LogP contribution is -2.56. The number of halogens is 1. The van der Waals surface area contributed by atoms with Gasteiger partial charge in [-0.25, -0.2) is 4.98 Å². The fourth-order valence-electron chi connectivity index (χ4n) is 2.58. The number of likely N-dealkylation sites (N-methyl/N-ethyl adjacent to an activating group) is 1. The molecule has 3 nitrogen and oxygen atoms in total. The summed E-state index contributed by atoms with van der Waals surface area (Å²) in [6.07, 6.45) is 0. The van der Waals surface area contributed by atoms with E-state index in [9.17, 15) is 4.39 Å². The molecule has 1 aromatic heterocycles. The Balaban J connectivity index is 2.25. The molecule has 0 saturated carbocycles. The van der Waals surface area contributed by atoms with Crippen molar-refractivity contribution in [2.45, 2.75) is 25.9 Å². The summed E-state index contributed by atoms with van der Waals surface area (Å²) < 4.78 is 13.1. The molecule has 1 fully saturated rings. The molecule has 1 aliphatic heterocycles. The van der Waals surface area contributed by atoms with Gasteiger partial charge in [-0.15, -0.1) is 0 Å². The predicted molar refractivity (Wildman–Crippen MR) is 63.1 cm³/mol. The standard InChI is InChI=1S/C12H18FN3/c1-9-7-15(3)8-10(2)16(9)12-6-4-5-11(13)14-12/h4-6,9-10H,7-8H2,1-3H3/t9-,10-/m0/s1. The smallest absolute Gasteiger partial charge is 0.214 e. The van der Waals surface area contributed by atoms with Crippen molar-refractivity contribution in [3.05, 3.63) is 24.1 Å². The monoisotopic (exact) mass is 223 g/mol. The van der Waals surface area contributed by atoms with Gasteiger partial charge in [-0.2, -0.15) is 4.39 Å². The van der Waals surface area contributed by atoms with Gasteiger partial charge in [-0.3, -0.25) is 0 Å². The Morgan fingerprint density at radius 2 is 1.88 bits per heavy atom. The number of anilines is 1. The minimum absolute atomic E-state index is 0.364. The van der Waals surface area contributed by atoms with E-state index in [0.29, 0.717) is 12.1 Å². The van der Waals surface area contributed by atoms with Crippen LogP contribution in [-0.2, 0) is 0 Å². The highest BCUT2D eigenvalue weighted by Crippen LogP contribution is 2.22. The molecule has 1 aliphatic rings. The van der Waals surface area contributed by atoms with Crippen LogP contribution in [-0.4, -0.2) is 42.1 Å². The Bertz CT molecular complexity index is 357. The second-order valence-corrected chi connectivity index (χ2v) is 4.65. The molecular weight excluding hydrogens is 205 g/mol. The summed E-state index contributed by atoms with van der Waals surface area (Å²) in [4.78, 5) is 8.46. The van der Waals surface area contributed by atoms with Gasteiger partial charge in [0.25, 0.3) is 0 Å². The van der Waals surface area contributed by atoms with Crippen molar-refractivity contribution in [1.82, 2.24) is 9.88 Å². The molecule has 0 unspecified atom stereocenters. The minimum atomic E-state index is -0.407. The van der Waals surface area contributed by atoms with Crippen molar-refractivity contribution in [3.8, 4) is 0 Å². The van der Waals surface area contributed by atoms with Crippen LogP contribution in [0.15, 0.2) is 18.2 Å². The highest BCUT2D eigenvalue weighted by atomic mass is 19.1. The number of aromatic nitrogens is 1. The molecule has 2 heterocycles. The first kappa shape index (κ1) is 11.3. The maximum atomic E-state index is 13.1. The number of hydrogen-bond acceptors (Lipinski definition) is 3. The maximum Gasteiger partial charge on any atom is 0.214 e. The highest BCUT2D eigenvalue weighted by molar-refractivity contribution is 5.41. The van der Waals surface area contributed by atoms with Crippen molar-refractivity contribution in [2.75, 3.05) is 25.0 Å². The Hall–Kier alpha value is -1.16. The molecule has 0 radical (unpaired) electrons. The molecule has 88 valence electrons. The van der Waals surface area contributed by atoms with Crippen molar-refractivity contribution in [3.63, 3.8) is 0 Å². The quantitative estimate of drug-likeness (QED) is 0.676. The second-order valence-electron chi connectivity index (χ2n) is 4.65. The van der Waals surface area contributed by atoms with Gasteiger partial charge in [0, 0.05) is 25.2 Å². The van der Waals surface area contributed by atoms with E-state index in [0.717, 1.165) is 18.9 Å². The first-order valence-corrected chi connectivity index (χ1v) is 5.67. The topological polar surface area (TPSA) is 19.4 Å². The van der Waals surface area contributed by atoms with Crippen LogP contribution < -0.4 is 4.90 Å². The predicted octanol–water partition coefficient (Wildman–Crippen LogP) is 1.75. The molecule has 0 spiro atoms. The van der Waals surface area contributed by atoms with E-state index in [1.165, 1.54) is 6.07 Å². The Kier molecular flexibility index (Phi) is 3.10. The first-order valence-electron chi connectivity index (χ1n) is 5.67. The van der Waals surface area contributed by atoms with Gasteiger partial charge in [0.05, 0.1) is 0 Å². The van der Waals surface area contributed by atoms with E-state index in [-0.39, 0.29) is 0 Å². The largest absolute Gasteiger partial charge is 0.349 e. The summed E-state index contributed by atoms with van der Waals surface area (Å²) in [5, 5.41) is 0. The molecular formula is C12H18FN3. The van der Waals surface area contributed by atoms with E-state index in [1.54, 1.807) is 6.07 Å². The van der Waals surface area contributed by atoms with E-state index in [1.807, 2.05) is 6.07 Å². The summed E-state index contributed by atoms with van der Waals surface area (Å²) in [5.41, 5.74) is 0. The van der Waals surface area contributed by atoms with Crippen molar-refractivity contribution < 1.29 is 4.39 Å². The summed E-state index contributed by atoms with van der Waals surface area (Å²) in [6.45, 7) is 6.28. The lowest BCUT2D eigenvalue weighted by Gasteiger charge is -2.43. The summed E-state index contributed by atoms with van der Waals surface area (Å²) in [5.74, 6) is 0.337. The van der Waals surface area contributed by atoms with E-state index >= 15 is 0 Å². The third-order valence-corrected chi connectivity index (χ3v) is 3.07. The maximum absolute atomic E-state index is 13.1. The van der Waals surface area contributed by atoms with Crippen molar-refractivity contribution in [1.29, 1.82) is 0 Å². The van der Waals surface area contributed by atoms with Crippen molar-refractivity contribution in [2.24, 2.45) is 0 Å². The molecule has 1 saturated heterocycles. The second kappa shape index (κ2) is 4.37. The van der Waals surface area contributed by atoms with Gasteiger partial charge < -0.3 is 9.80 Å². The van der Waals surface area contributed by atoms with Gasteiger partial charge in [-0.1, -0.05) is 6.07 Å². The SMILES string of the molecule is C[C@H]1CN(C)C[C@H](C)N1c1cccc(F)n1. The van der Waals surface area contributed by atoms with E-state index in [2.05, 4.69) is 35.7 Å². The zero-order chi connectivity index (χ0) is 11.7. The molecule has 16 heavy (non-hydrogen) atoms. The van der Waals surface area contributed by atoms with Crippen LogP contribution in [0.4, 0.5) is 10.2 Å². The van der Waals surface area contributed by atoms with Gasteiger partial charge in [-0.05, 0) is 33.0 Å². The van der Waals surface area contributed by atoms with Gasteiger partial charge >= 0.3 is 0 Å². The highest BCUT2D eigenvalue weighted by Gasteiger charge is 2.28. The Labute approximate surface area is 95.9 Å². The molecule has 4 heteroatoms. The minimum Gasteiger partial charge on any atom is -0.349 e. The van der Waals surface area contributed by atoms with Crippen LogP contribution in [0.2, 0.25) is 0 Å². The van der Waals surface area contributed by atoms with Crippen molar-refractivity contribution >= 4 is 5.82 Å². The van der Waals surface area contributed by atoms with Crippen LogP contribution in [0, 0.1) is 5.95 Å². The Morgan fingerprint density at radius 3 is 2.44 bits per heavy atom. The number of pyridine rings is 1. The number of piperazine rings is 1. The summed E-state index contributed by atoms with van der Waals surface area (Å²) in [7, 11) is 2.11. The normalized spacial score (nSPS) is 27.1. The number of rotatable bonds is 1. The Morgan fingerprint density at radius 1 is 1.25 bits per heavy atom. The van der Waals surface area contributed by atoms with E-state index < -0.39 is 5.95 Å². The first-order chi connectivity index (χ1) is 7.58. The molecule has 0 aromatic carbocycles. The molecule has 0 aliphatic carbocycles. The van der Waals surface area contributed by atoms with Crippen LogP contribution in [0.5, 0.6) is 0 Å². The van der Waals surface area contributed by atoms with Crippen LogP contribution in [0.3, 0.4) is 0 Å². The summed E-state index contributed by atoms with van der Waals surface area (Å²) in [6, 6.07) is 5.71. The average molecular weight is 223 g/mol. The van der Waals surface area contributed by atoms with Crippen LogP contribution >= 0.6 is 0 Å². The van der Waals surface area contributed by atoms with E-state index in [4.69, 9.17) is 0 Å². The van der Waals surface area contributed by atoms with Crippen LogP contribution in [0.25, 0.3) is 0 Å². The van der Waals surface area contributed by atoms with Gasteiger partial charge in [0.15, 0.2) is 0 Å². The zero-order valence-electron chi connectivity index (χ0n) is 10.0. The fourth-order valence-corrected chi connectivity index (χ4v) is 2.58. The lowest BCUT2D eigenvalue weighted by molar-refractivity contribution is 0.239. The number of nitrogens with zero attached hydrogens (tertiary/aromatic N) is 3. The average Bonchev–Trinajstić information content (AvgIpc) is 2.15. The van der Waals surface area contributed by atoms with Crippen LogP contribution in [0.1, 0.15) is 13.8 Å². The number of hydrogen-bond donors (Lipinski definition) is 0. The molecule has 0 N–H and O–H groups in total. The molecule has 2 atom stereocenters.